The Morgan fingerprint density at radius 3 is 2.48 bits per heavy atom. The zero-order valence-electron chi connectivity index (χ0n) is 15.4. The molecule has 142 valence electrons. The van der Waals surface area contributed by atoms with E-state index >= 15 is 0 Å². The number of nitrogens with one attached hydrogen (secondary N) is 2. The van der Waals surface area contributed by atoms with Gasteiger partial charge in [0.25, 0.3) is 5.91 Å². The Morgan fingerprint density at radius 2 is 1.78 bits per heavy atom. The number of carbonyl (C=O) groups is 2. The molecule has 0 aliphatic rings. The van der Waals surface area contributed by atoms with E-state index in [1.807, 2.05) is 24.3 Å². The number of para-hydroxylation sites is 2. The van der Waals surface area contributed by atoms with Gasteiger partial charge in [-0.15, -0.1) is 0 Å². The van der Waals surface area contributed by atoms with E-state index < -0.39 is 11.9 Å². The van der Waals surface area contributed by atoms with Gasteiger partial charge in [0, 0.05) is 5.56 Å². The molecule has 0 unspecified atom stereocenters. The molecule has 0 saturated carbocycles. The number of anilines is 1. The number of benzene rings is 2. The van der Waals surface area contributed by atoms with Gasteiger partial charge in [-0.1, -0.05) is 32.0 Å². The molecule has 2 aromatic rings. The van der Waals surface area contributed by atoms with Gasteiger partial charge in [-0.05, 0) is 48.5 Å². The van der Waals surface area contributed by atoms with E-state index in [1.165, 1.54) is 13.2 Å². The summed E-state index contributed by atoms with van der Waals surface area (Å²) in [5.41, 5.74) is 1.25. The van der Waals surface area contributed by atoms with Crippen LogP contribution in [0.4, 0.5) is 5.69 Å². The van der Waals surface area contributed by atoms with E-state index in [4.69, 9.17) is 17.0 Å². The fourth-order valence-electron chi connectivity index (χ4n) is 2.19. The van der Waals surface area contributed by atoms with E-state index in [9.17, 15) is 9.59 Å². The van der Waals surface area contributed by atoms with Crippen LogP contribution in [0.2, 0.25) is 0 Å². The van der Waals surface area contributed by atoms with Crippen molar-refractivity contribution in [2.45, 2.75) is 13.8 Å². The van der Waals surface area contributed by atoms with Gasteiger partial charge in [0.05, 0.1) is 25.0 Å². The maximum absolute atomic E-state index is 12.4. The first-order chi connectivity index (χ1) is 12.9. The first-order valence-corrected chi connectivity index (χ1v) is 8.84. The SMILES string of the molecule is COC(=O)c1cccc(C(=O)NC(=S)Nc2ccccc2OCC(C)C)c1. The molecule has 0 atom stereocenters. The van der Waals surface area contributed by atoms with Crippen molar-refractivity contribution in [3.8, 4) is 5.75 Å². The minimum Gasteiger partial charge on any atom is -0.491 e. The van der Waals surface area contributed by atoms with E-state index in [-0.39, 0.29) is 10.7 Å². The molecule has 27 heavy (non-hydrogen) atoms. The summed E-state index contributed by atoms with van der Waals surface area (Å²) in [6, 6.07) is 13.6. The van der Waals surface area contributed by atoms with Crippen LogP contribution in [-0.2, 0) is 4.74 Å². The molecule has 2 N–H and O–H groups in total. The van der Waals surface area contributed by atoms with Gasteiger partial charge in [-0.2, -0.15) is 0 Å². The maximum atomic E-state index is 12.4. The van der Waals surface area contributed by atoms with Crippen LogP contribution in [0.3, 0.4) is 0 Å². The summed E-state index contributed by atoms with van der Waals surface area (Å²) in [5, 5.41) is 5.69. The van der Waals surface area contributed by atoms with Crippen LogP contribution in [0, 0.1) is 5.92 Å². The summed E-state index contributed by atoms with van der Waals surface area (Å²) in [6.45, 7) is 4.69. The molecule has 6 nitrogen and oxygen atoms in total. The zero-order chi connectivity index (χ0) is 19.8. The van der Waals surface area contributed by atoms with Crippen molar-refractivity contribution < 1.29 is 19.1 Å². The highest BCUT2D eigenvalue weighted by molar-refractivity contribution is 7.80. The van der Waals surface area contributed by atoms with Crippen LogP contribution in [0.5, 0.6) is 5.75 Å². The topological polar surface area (TPSA) is 76.7 Å². The molecule has 0 bridgehead atoms. The lowest BCUT2D eigenvalue weighted by Gasteiger charge is -2.15. The molecule has 2 aromatic carbocycles. The van der Waals surface area contributed by atoms with Gasteiger partial charge in [0.2, 0.25) is 0 Å². The van der Waals surface area contributed by atoms with E-state index in [1.54, 1.807) is 18.2 Å². The third kappa shape index (κ3) is 6.07. The van der Waals surface area contributed by atoms with Gasteiger partial charge < -0.3 is 14.8 Å². The van der Waals surface area contributed by atoms with Crippen LogP contribution < -0.4 is 15.4 Å². The van der Waals surface area contributed by atoms with Gasteiger partial charge in [-0.25, -0.2) is 4.79 Å². The Bertz CT molecular complexity index is 836. The number of ether oxygens (including phenoxy) is 2. The second kappa shape index (κ2) is 9.68. The average molecular weight is 386 g/mol. The Labute approximate surface area is 163 Å². The van der Waals surface area contributed by atoms with E-state index in [0.717, 1.165) is 0 Å². The van der Waals surface area contributed by atoms with Crippen molar-refractivity contribution in [3.63, 3.8) is 0 Å². The highest BCUT2D eigenvalue weighted by Gasteiger charge is 2.13. The molecule has 2 rings (SSSR count). The van der Waals surface area contributed by atoms with Crippen molar-refractivity contribution in [1.82, 2.24) is 5.32 Å². The monoisotopic (exact) mass is 386 g/mol. The van der Waals surface area contributed by atoms with Gasteiger partial charge in [0.1, 0.15) is 5.75 Å². The van der Waals surface area contributed by atoms with Crippen LogP contribution in [0.15, 0.2) is 48.5 Å². The van der Waals surface area contributed by atoms with E-state index in [2.05, 4.69) is 29.2 Å². The Kier molecular flexibility index (Phi) is 7.31. The summed E-state index contributed by atoms with van der Waals surface area (Å²) in [7, 11) is 1.28. The largest absolute Gasteiger partial charge is 0.491 e. The molecule has 0 aliphatic carbocycles. The molecule has 7 heteroatoms. The highest BCUT2D eigenvalue weighted by Crippen LogP contribution is 2.24. The standard InChI is InChI=1S/C20H22N2O4S/c1-13(2)12-26-17-10-5-4-9-16(17)21-20(27)22-18(23)14-7-6-8-15(11-14)19(24)25-3/h4-11,13H,12H2,1-3H3,(H2,21,22,23,27). The van der Waals surface area contributed by atoms with Crippen LogP contribution >= 0.6 is 12.2 Å². The lowest BCUT2D eigenvalue weighted by Crippen LogP contribution is -2.34. The summed E-state index contributed by atoms with van der Waals surface area (Å²) in [5.74, 6) is 0.0858. The quantitative estimate of drug-likeness (QED) is 0.583. The number of carbonyl (C=O) groups excluding carboxylic acids is 2. The first kappa shape index (κ1) is 20.4. The van der Waals surface area contributed by atoms with Gasteiger partial charge in [0.15, 0.2) is 5.11 Å². The highest BCUT2D eigenvalue weighted by atomic mass is 32.1. The number of thiocarbonyl (C=S) groups is 1. The molecule has 0 fully saturated rings. The maximum Gasteiger partial charge on any atom is 0.337 e. The van der Waals surface area contributed by atoms with Crippen LogP contribution in [0.1, 0.15) is 34.6 Å². The lowest BCUT2D eigenvalue weighted by atomic mass is 10.1. The number of methoxy groups -OCH3 is 1. The Hall–Kier alpha value is -2.93. The van der Waals surface area contributed by atoms with Crippen LogP contribution in [-0.4, -0.2) is 30.7 Å². The summed E-state index contributed by atoms with van der Waals surface area (Å²) in [6.07, 6.45) is 0. The number of rotatable bonds is 6. The minimum atomic E-state index is -0.512. The van der Waals surface area contributed by atoms with Crippen molar-refractivity contribution in [2.75, 3.05) is 19.0 Å². The number of amides is 1. The second-order valence-electron chi connectivity index (χ2n) is 6.18. The zero-order valence-corrected chi connectivity index (χ0v) is 16.3. The average Bonchev–Trinajstić information content (AvgIpc) is 2.66. The Balaban J connectivity index is 2.04. The fourth-order valence-corrected chi connectivity index (χ4v) is 2.39. The van der Waals surface area contributed by atoms with Crippen molar-refractivity contribution in [2.24, 2.45) is 5.92 Å². The minimum absolute atomic E-state index is 0.129. The molecule has 0 radical (unpaired) electrons. The fraction of sp³-hybridized carbons (Fsp3) is 0.250. The van der Waals surface area contributed by atoms with Gasteiger partial charge in [-0.3, -0.25) is 10.1 Å². The van der Waals surface area contributed by atoms with Gasteiger partial charge >= 0.3 is 5.97 Å². The van der Waals surface area contributed by atoms with Crippen LogP contribution in [0.25, 0.3) is 0 Å². The molecule has 1 amide bonds. The summed E-state index contributed by atoms with van der Waals surface area (Å²) in [4.78, 5) is 24.0. The van der Waals surface area contributed by atoms with Crippen molar-refractivity contribution in [1.29, 1.82) is 0 Å². The molecule has 0 spiro atoms. The van der Waals surface area contributed by atoms with Crippen molar-refractivity contribution >= 4 is 34.9 Å². The predicted molar refractivity (Wildman–Crippen MR) is 108 cm³/mol. The normalized spacial score (nSPS) is 10.2. The van der Waals surface area contributed by atoms with Crippen molar-refractivity contribution in [3.05, 3.63) is 59.7 Å². The molecule has 0 aliphatic heterocycles. The molecular formula is C20H22N2O4S. The predicted octanol–water partition coefficient (Wildman–Crippen LogP) is 3.63. The lowest BCUT2D eigenvalue weighted by molar-refractivity contribution is 0.0600. The number of esters is 1. The smallest absolute Gasteiger partial charge is 0.337 e. The molecule has 0 saturated heterocycles. The van der Waals surface area contributed by atoms with E-state index in [0.29, 0.717) is 29.5 Å². The number of hydrogen-bond donors (Lipinski definition) is 2. The third-order valence-corrected chi connectivity index (χ3v) is 3.68. The summed E-state index contributed by atoms with van der Waals surface area (Å²) < 4.78 is 10.4. The second-order valence-corrected chi connectivity index (χ2v) is 6.59. The number of hydrogen-bond acceptors (Lipinski definition) is 5. The summed E-state index contributed by atoms with van der Waals surface area (Å²) >= 11 is 5.22. The third-order valence-electron chi connectivity index (χ3n) is 3.48. The first-order valence-electron chi connectivity index (χ1n) is 8.43. The molecule has 0 heterocycles. The molecule has 0 aromatic heterocycles. The Morgan fingerprint density at radius 1 is 1.07 bits per heavy atom. The molecular weight excluding hydrogens is 364 g/mol.